The average molecular weight is 405 g/mol. The fraction of sp³-hybridized carbons (Fsp3) is 0.227. The molecule has 1 unspecified atom stereocenters. The number of hydrogen-bond donors (Lipinski definition) is 2. The molecule has 3 aromatic rings. The third kappa shape index (κ3) is 3.47. The molecule has 1 aromatic heterocycles. The second kappa shape index (κ2) is 7.90. The van der Waals surface area contributed by atoms with Crippen LogP contribution in [0.25, 0.3) is 0 Å². The molecule has 30 heavy (non-hydrogen) atoms. The largest absolute Gasteiger partial charge is 0.497 e. The van der Waals surface area contributed by atoms with Crippen LogP contribution in [0.2, 0.25) is 0 Å². The van der Waals surface area contributed by atoms with Gasteiger partial charge in [-0.15, -0.1) is 0 Å². The summed E-state index contributed by atoms with van der Waals surface area (Å²) in [5.74, 6) is 1.58. The molecule has 1 aliphatic heterocycles. The summed E-state index contributed by atoms with van der Waals surface area (Å²) in [6.07, 6.45) is 1.46. The number of ether oxygens (including phenoxy) is 2. The van der Waals surface area contributed by atoms with Gasteiger partial charge in [-0.3, -0.25) is 4.79 Å². The van der Waals surface area contributed by atoms with Gasteiger partial charge >= 0.3 is 0 Å². The SMILES string of the molecule is COc1ccc(C2C(C(=O)Nc3ccc(C)cc3)=C(C)Nc3ncnn32)c(OC)c1. The van der Waals surface area contributed by atoms with E-state index in [4.69, 9.17) is 9.47 Å². The van der Waals surface area contributed by atoms with Crippen molar-refractivity contribution >= 4 is 17.5 Å². The molecule has 8 nitrogen and oxygen atoms in total. The zero-order valence-corrected chi connectivity index (χ0v) is 17.3. The van der Waals surface area contributed by atoms with E-state index in [9.17, 15) is 4.79 Å². The van der Waals surface area contributed by atoms with Gasteiger partial charge in [0.15, 0.2) is 0 Å². The highest BCUT2D eigenvalue weighted by Gasteiger charge is 2.35. The van der Waals surface area contributed by atoms with E-state index in [1.807, 2.05) is 50.2 Å². The van der Waals surface area contributed by atoms with Crippen molar-refractivity contribution in [3.05, 3.63) is 71.2 Å². The Morgan fingerprint density at radius 2 is 1.87 bits per heavy atom. The van der Waals surface area contributed by atoms with Crippen LogP contribution < -0.4 is 20.1 Å². The van der Waals surface area contributed by atoms with E-state index in [1.54, 1.807) is 25.0 Å². The van der Waals surface area contributed by atoms with Crippen molar-refractivity contribution in [1.82, 2.24) is 14.8 Å². The lowest BCUT2D eigenvalue weighted by molar-refractivity contribution is -0.113. The first kappa shape index (κ1) is 19.5. The molecule has 1 atom stereocenters. The van der Waals surface area contributed by atoms with Crippen molar-refractivity contribution in [2.24, 2.45) is 0 Å². The number of nitrogens with zero attached hydrogens (tertiary/aromatic N) is 3. The van der Waals surface area contributed by atoms with Crippen molar-refractivity contribution in [3.8, 4) is 11.5 Å². The predicted octanol–water partition coefficient (Wildman–Crippen LogP) is 3.53. The Labute approximate surface area is 174 Å². The summed E-state index contributed by atoms with van der Waals surface area (Å²) in [6.45, 7) is 3.85. The van der Waals surface area contributed by atoms with Crippen molar-refractivity contribution in [1.29, 1.82) is 0 Å². The molecule has 154 valence electrons. The molecule has 0 bridgehead atoms. The zero-order chi connectivity index (χ0) is 21.3. The molecule has 0 aliphatic carbocycles. The van der Waals surface area contributed by atoms with Gasteiger partial charge in [-0.25, -0.2) is 4.68 Å². The second-order valence-corrected chi connectivity index (χ2v) is 7.02. The van der Waals surface area contributed by atoms with E-state index in [1.165, 1.54) is 6.33 Å². The molecule has 2 N–H and O–H groups in total. The Kier molecular flexibility index (Phi) is 5.14. The summed E-state index contributed by atoms with van der Waals surface area (Å²) in [4.78, 5) is 17.6. The maximum absolute atomic E-state index is 13.4. The van der Waals surface area contributed by atoms with E-state index in [0.29, 0.717) is 28.7 Å². The number of methoxy groups -OCH3 is 2. The van der Waals surface area contributed by atoms with Gasteiger partial charge < -0.3 is 20.1 Å². The van der Waals surface area contributed by atoms with Gasteiger partial charge in [0.1, 0.15) is 23.9 Å². The third-order valence-electron chi connectivity index (χ3n) is 5.08. The number of nitrogens with one attached hydrogen (secondary N) is 2. The topological polar surface area (TPSA) is 90.3 Å². The number of aromatic nitrogens is 3. The van der Waals surface area contributed by atoms with Crippen molar-refractivity contribution in [3.63, 3.8) is 0 Å². The number of amides is 1. The van der Waals surface area contributed by atoms with Crippen molar-refractivity contribution < 1.29 is 14.3 Å². The molecule has 8 heteroatoms. The standard InChI is InChI=1S/C22H23N5O3/c1-13-5-7-15(8-6-13)26-21(28)19-14(2)25-22-23-12-24-27(22)20(19)17-10-9-16(29-3)11-18(17)30-4/h5-12,20H,1-4H3,(H,26,28)(H,23,24,25). The molecule has 2 heterocycles. The van der Waals surface area contributed by atoms with E-state index in [-0.39, 0.29) is 5.91 Å². The minimum Gasteiger partial charge on any atom is -0.497 e. The van der Waals surface area contributed by atoms with E-state index >= 15 is 0 Å². The number of allylic oxidation sites excluding steroid dienone is 1. The molecule has 0 spiro atoms. The molecule has 0 fully saturated rings. The van der Waals surface area contributed by atoms with Crippen LogP contribution in [0.5, 0.6) is 11.5 Å². The minimum atomic E-state index is -0.518. The first-order valence-electron chi connectivity index (χ1n) is 9.49. The predicted molar refractivity (Wildman–Crippen MR) is 114 cm³/mol. The number of rotatable bonds is 5. The molecular weight excluding hydrogens is 382 g/mol. The van der Waals surface area contributed by atoms with Gasteiger partial charge in [0, 0.05) is 23.0 Å². The number of aryl methyl sites for hydroxylation is 1. The Balaban J connectivity index is 1.79. The van der Waals surface area contributed by atoms with Crippen LogP contribution in [-0.4, -0.2) is 34.9 Å². The van der Waals surface area contributed by atoms with Crippen LogP contribution in [0.3, 0.4) is 0 Å². The molecule has 4 rings (SSSR count). The molecule has 0 saturated carbocycles. The lowest BCUT2D eigenvalue weighted by atomic mass is 9.94. The number of carbonyl (C=O) groups is 1. The lowest BCUT2D eigenvalue weighted by Gasteiger charge is -2.29. The summed E-state index contributed by atoms with van der Waals surface area (Å²) in [5.41, 5.74) is 3.84. The van der Waals surface area contributed by atoms with Gasteiger partial charge in [-0.05, 0) is 38.1 Å². The van der Waals surface area contributed by atoms with Gasteiger partial charge in [0.05, 0.1) is 19.8 Å². The highest BCUT2D eigenvalue weighted by Crippen LogP contribution is 2.40. The van der Waals surface area contributed by atoms with Crippen LogP contribution in [0.4, 0.5) is 11.6 Å². The number of carbonyl (C=O) groups excluding carboxylic acids is 1. The normalized spacial score (nSPS) is 15.3. The van der Waals surface area contributed by atoms with Crippen LogP contribution in [0.1, 0.15) is 24.1 Å². The van der Waals surface area contributed by atoms with Gasteiger partial charge in [0.2, 0.25) is 5.95 Å². The van der Waals surface area contributed by atoms with Crippen LogP contribution in [0.15, 0.2) is 60.1 Å². The second-order valence-electron chi connectivity index (χ2n) is 7.02. The van der Waals surface area contributed by atoms with E-state index < -0.39 is 6.04 Å². The van der Waals surface area contributed by atoms with Gasteiger partial charge in [-0.2, -0.15) is 10.1 Å². The van der Waals surface area contributed by atoms with E-state index in [2.05, 4.69) is 20.7 Å². The Hall–Kier alpha value is -3.81. The number of anilines is 2. The first-order valence-corrected chi connectivity index (χ1v) is 9.49. The van der Waals surface area contributed by atoms with Crippen molar-refractivity contribution in [2.45, 2.75) is 19.9 Å². The third-order valence-corrected chi connectivity index (χ3v) is 5.08. The van der Waals surface area contributed by atoms with Gasteiger partial charge in [-0.1, -0.05) is 17.7 Å². The lowest BCUT2D eigenvalue weighted by Crippen LogP contribution is -2.31. The maximum atomic E-state index is 13.4. The quantitative estimate of drug-likeness (QED) is 0.675. The van der Waals surface area contributed by atoms with E-state index in [0.717, 1.165) is 16.8 Å². The number of fused-ring (bicyclic) bond motifs is 1. The highest BCUT2D eigenvalue weighted by molar-refractivity contribution is 6.06. The Morgan fingerprint density at radius 3 is 2.57 bits per heavy atom. The smallest absolute Gasteiger partial charge is 0.255 e. The number of benzene rings is 2. The molecule has 1 amide bonds. The Bertz CT molecular complexity index is 1120. The van der Waals surface area contributed by atoms with Crippen molar-refractivity contribution in [2.75, 3.05) is 24.9 Å². The number of hydrogen-bond acceptors (Lipinski definition) is 6. The summed E-state index contributed by atoms with van der Waals surface area (Å²) in [6, 6.07) is 12.7. The zero-order valence-electron chi connectivity index (χ0n) is 17.3. The maximum Gasteiger partial charge on any atom is 0.255 e. The summed E-state index contributed by atoms with van der Waals surface area (Å²) >= 11 is 0. The molecule has 0 radical (unpaired) electrons. The molecule has 1 aliphatic rings. The molecule has 2 aromatic carbocycles. The monoisotopic (exact) mass is 405 g/mol. The van der Waals surface area contributed by atoms with Crippen LogP contribution in [0, 0.1) is 6.92 Å². The minimum absolute atomic E-state index is 0.229. The summed E-state index contributed by atoms with van der Waals surface area (Å²) < 4.78 is 12.6. The fourth-order valence-electron chi connectivity index (χ4n) is 3.55. The average Bonchev–Trinajstić information content (AvgIpc) is 3.21. The summed E-state index contributed by atoms with van der Waals surface area (Å²) in [5, 5.41) is 10.5. The van der Waals surface area contributed by atoms with Crippen LogP contribution in [-0.2, 0) is 4.79 Å². The summed E-state index contributed by atoms with van der Waals surface area (Å²) in [7, 11) is 3.18. The first-order chi connectivity index (χ1) is 14.5. The Morgan fingerprint density at radius 1 is 1.10 bits per heavy atom. The van der Waals surface area contributed by atoms with Crippen LogP contribution >= 0.6 is 0 Å². The fourth-order valence-corrected chi connectivity index (χ4v) is 3.55. The molecular formula is C22H23N5O3. The highest BCUT2D eigenvalue weighted by atomic mass is 16.5. The molecule has 0 saturated heterocycles. The van der Waals surface area contributed by atoms with Gasteiger partial charge in [0.25, 0.3) is 5.91 Å².